The molecule has 0 aliphatic heterocycles. The lowest BCUT2D eigenvalue weighted by atomic mass is 9.53. The molecule has 0 amide bonds. The molecular formula is C32H49N3O5. The number of Topliss-reactive ketones (excluding diaryl/α,β-unsaturated/α-hetero) is 1. The highest BCUT2D eigenvalue weighted by Gasteiger charge is 2.56. The highest BCUT2D eigenvalue weighted by Crippen LogP contribution is 2.62. The molecule has 8 heteroatoms. The van der Waals surface area contributed by atoms with Gasteiger partial charge in [0, 0.05) is 19.6 Å². The maximum Gasteiger partial charge on any atom is 0.190 e. The van der Waals surface area contributed by atoms with Gasteiger partial charge in [0.05, 0.1) is 25.3 Å². The first-order chi connectivity index (χ1) is 19.2. The van der Waals surface area contributed by atoms with Gasteiger partial charge in [0.2, 0.25) is 0 Å². The van der Waals surface area contributed by atoms with Crippen LogP contribution in [0.25, 0.3) is 11.0 Å². The van der Waals surface area contributed by atoms with Crippen LogP contribution in [0.2, 0.25) is 0 Å². The number of hydrogen-bond acceptors (Lipinski definition) is 7. The van der Waals surface area contributed by atoms with Crippen molar-refractivity contribution >= 4 is 16.8 Å². The van der Waals surface area contributed by atoms with Crippen molar-refractivity contribution < 1.29 is 24.1 Å². The first-order valence-electron chi connectivity index (χ1n) is 15.4. The lowest BCUT2D eigenvalue weighted by Gasteiger charge is -2.52. The van der Waals surface area contributed by atoms with Crippen LogP contribution in [0.15, 0.2) is 12.1 Å². The third-order valence-electron chi connectivity index (χ3n) is 10.9. The normalized spacial score (nSPS) is 31.4. The molecule has 5 rings (SSSR count). The molecule has 7 atom stereocenters. The van der Waals surface area contributed by atoms with E-state index < -0.39 is 5.60 Å². The number of ether oxygens (including phenoxy) is 3. The minimum Gasteiger partial charge on any atom is -0.493 e. The van der Waals surface area contributed by atoms with Crippen molar-refractivity contribution in [2.24, 2.45) is 35.0 Å². The molecule has 8 nitrogen and oxygen atoms in total. The smallest absolute Gasteiger partial charge is 0.190 e. The predicted molar refractivity (Wildman–Crippen MR) is 154 cm³/mol. The molecule has 3 aliphatic rings. The topological polar surface area (TPSA) is 95.7 Å². The Kier molecular flexibility index (Phi) is 8.77. The van der Waals surface area contributed by atoms with E-state index in [9.17, 15) is 9.90 Å². The van der Waals surface area contributed by atoms with E-state index in [-0.39, 0.29) is 23.7 Å². The molecule has 0 spiro atoms. The van der Waals surface area contributed by atoms with Crippen molar-refractivity contribution in [1.82, 2.24) is 15.0 Å². The molecule has 222 valence electrons. The van der Waals surface area contributed by atoms with Gasteiger partial charge in [-0.05, 0) is 112 Å². The van der Waals surface area contributed by atoms with E-state index in [1.54, 1.807) is 26.0 Å². The molecule has 40 heavy (non-hydrogen) atoms. The minimum atomic E-state index is -0.583. The van der Waals surface area contributed by atoms with Crippen LogP contribution in [0, 0.1) is 35.0 Å². The van der Waals surface area contributed by atoms with Crippen LogP contribution < -0.4 is 9.47 Å². The third kappa shape index (κ3) is 5.63. The zero-order valence-electron chi connectivity index (χ0n) is 25.2. The molecular weight excluding hydrogens is 506 g/mol. The summed E-state index contributed by atoms with van der Waals surface area (Å²) in [4.78, 5) is 13.8. The van der Waals surface area contributed by atoms with Crippen LogP contribution in [0.5, 0.6) is 11.5 Å². The Morgan fingerprint density at radius 2 is 1.95 bits per heavy atom. The van der Waals surface area contributed by atoms with E-state index in [2.05, 4.69) is 17.2 Å². The average molecular weight is 556 g/mol. The van der Waals surface area contributed by atoms with Gasteiger partial charge in [-0.2, -0.15) is 0 Å². The molecule has 3 fully saturated rings. The quantitative estimate of drug-likeness (QED) is 0.329. The summed E-state index contributed by atoms with van der Waals surface area (Å²) in [7, 11) is 4.94. The Morgan fingerprint density at radius 3 is 2.70 bits per heavy atom. The van der Waals surface area contributed by atoms with Gasteiger partial charge in [0.15, 0.2) is 22.8 Å². The number of unbranched alkanes of at least 4 members (excludes halogenated alkanes) is 1. The fourth-order valence-electron chi connectivity index (χ4n) is 8.99. The molecule has 0 bridgehead atoms. The highest BCUT2D eigenvalue weighted by molar-refractivity contribution is 5.87. The van der Waals surface area contributed by atoms with E-state index in [0.29, 0.717) is 34.8 Å². The van der Waals surface area contributed by atoms with Gasteiger partial charge in [0.25, 0.3) is 0 Å². The summed E-state index contributed by atoms with van der Waals surface area (Å²) in [5, 5.41) is 19.7. The van der Waals surface area contributed by atoms with Crippen LogP contribution in [-0.2, 0) is 16.1 Å². The average Bonchev–Trinajstić information content (AvgIpc) is 3.51. The predicted octanol–water partition coefficient (Wildman–Crippen LogP) is 5.83. The monoisotopic (exact) mass is 555 g/mol. The third-order valence-corrected chi connectivity index (χ3v) is 10.9. The summed E-state index contributed by atoms with van der Waals surface area (Å²) in [6, 6.07) is 3.75. The maximum absolute atomic E-state index is 13.8. The number of nitrogens with zero attached hydrogens (tertiary/aromatic N) is 3. The Hall–Kier alpha value is -2.19. The van der Waals surface area contributed by atoms with Crippen LogP contribution >= 0.6 is 0 Å². The molecule has 0 radical (unpaired) electrons. The van der Waals surface area contributed by atoms with Crippen LogP contribution in [0.4, 0.5) is 0 Å². The van der Waals surface area contributed by atoms with Crippen LogP contribution in [0.3, 0.4) is 0 Å². The Morgan fingerprint density at radius 1 is 1.12 bits per heavy atom. The molecule has 1 heterocycles. The summed E-state index contributed by atoms with van der Waals surface area (Å²) in [6.45, 7) is 5.44. The van der Waals surface area contributed by atoms with Crippen LogP contribution in [-0.4, -0.2) is 59.4 Å². The molecule has 0 saturated heterocycles. The maximum atomic E-state index is 13.8. The fourth-order valence-corrected chi connectivity index (χ4v) is 8.99. The molecule has 3 saturated carbocycles. The van der Waals surface area contributed by atoms with Crippen LogP contribution in [0.1, 0.15) is 84.5 Å². The number of aliphatic hydroxyl groups is 1. The summed E-state index contributed by atoms with van der Waals surface area (Å²) < 4.78 is 17.8. The van der Waals surface area contributed by atoms with Crippen molar-refractivity contribution in [3.05, 3.63) is 12.1 Å². The summed E-state index contributed by atoms with van der Waals surface area (Å²) in [5.41, 5.74) is 0.897. The number of ketones is 1. The molecule has 1 aromatic carbocycles. The number of fused-ring (bicyclic) bond motifs is 4. The van der Waals surface area contributed by atoms with Gasteiger partial charge < -0.3 is 19.3 Å². The summed E-state index contributed by atoms with van der Waals surface area (Å²) in [5.74, 6) is 4.18. The molecule has 1 aromatic heterocycles. The van der Waals surface area contributed by atoms with Crippen molar-refractivity contribution in [1.29, 1.82) is 0 Å². The first-order valence-corrected chi connectivity index (χ1v) is 15.4. The van der Waals surface area contributed by atoms with Gasteiger partial charge >= 0.3 is 0 Å². The molecule has 0 unspecified atom stereocenters. The largest absolute Gasteiger partial charge is 0.493 e. The molecule has 1 N–H and O–H groups in total. The summed E-state index contributed by atoms with van der Waals surface area (Å²) >= 11 is 0. The summed E-state index contributed by atoms with van der Waals surface area (Å²) in [6.07, 6.45) is 11.9. The molecule has 2 aromatic rings. The number of methoxy groups -OCH3 is 3. The van der Waals surface area contributed by atoms with Gasteiger partial charge in [0.1, 0.15) is 6.54 Å². The van der Waals surface area contributed by atoms with Crippen molar-refractivity contribution in [3.63, 3.8) is 0 Å². The van der Waals surface area contributed by atoms with E-state index in [4.69, 9.17) is 14.2 Å². The van der Waals surface area contributed by atoms with Gasteiger partial charge in [-0.25, -0.2) is 4.68 Å². The zero-order valence-corrected chi connectivity index (χ0v) is 25.2. The Balaban J connectivity index is 1.21. The highest BCUT2D eigenvalue weighted by atomic mass is 16.5. The van der Waals surface area contributed by atoms with Gasteiger partial charge in [-0.1, -0.05) is 18.6 Å². The van der Waals surface area contributed by atoms with E-state index in [1.165, 1.54) is 25.7 Å². The van der Waals surface area contributed by atoms with E-state index in [0.717, 1.165) is 63.0 Å². The first kappa shape index (κ1) is 29.3. The zero-order chi connectivity index (χ0) is 28.5. The lowest BCUT2D eigenvalue weighted by molar-refractivity contribution is -0.130. The number of benzene rings is 1. The standard InChI is InChI=1S/C32H49N3O5/c1-31(37,15-6-7-17-38-3)19-21-8-9-23-22(18-21)14-16-32(2)24(23)10-11-25(32)27(36)20-35-26-12-13-28(39-4)30(40-5)29(26)33-34-35/h12-13,21-25,37H,6-11,14-20H2,1-5H3/t21-,22-,23-,24+,25-,31-,32+/m1/s1. The number of rotatable bonds is 12. The lowest BCUT2D eigenvalue weighted by Crippen LogP contribution is -2.46. The number of hydrogen-bond donors (Lipinski definition) is 1. The SMILES string of the molecule is COCCCC[C@@](C)(O)C[C@@H]1CC[C@@H]2[C@H](CC[C@]3(C)[C@@H](C(=O)Cn4nnc5c(OC)c(OC)ccc54)CC[C@@H]23)C1. The molecule has 3 aliphatic carbocycles. The second kappa shape index (κ2) is 12.0. The van der Waals surface area contributed by atoms with Crippen molar-refractivity contribution in [2.45, 2.75) is 96.6 Å². The van der Waals surface area contributed by atoms with Gasteiger partial charge in [-0.3, -0.25) is 4.79 Å². The van der Waals surface area contributed by atoms with E-state index >= 15 is 0 Å². The Bertz CT molecular complexity index is 1180. The fraction of sp³-hybridized carbons (Fsp3) is 0.781. The second-order valence-electron chi connectivity index (χ2n) is 13.4. The second-order valence-corrected chi connectivity index (χ2v) is 13.4. The number of carbonyl (C=O) groups excluding carboxylic acids is 1. The number of carbonyl (C=O) groups is 1. The minimum absolute atomic E-state index is 0.0647. The number of aromatic nitrogens is 3. The van der Waals surface area contributed by atoms with E-state index in [1.807, 2.05) is 19.1 Å². The van der Waals surface area contributed by atoms with Crippen molar-refractivity contribution in [2.75, 3.05) is 27.9 Å². The van der Waals surface area contributed by atoms with Gasteiger partial charge in [-0.15, -0.1) is 5.10 Å². The van der Waals surface area contributed by atoms with Crippen molar-refractivity contribution in [3.8, 4) is 11.5 Å². The Labute approximate surface area is 239 Å².